The summed E-state index contributed by atoms with van der Waals surface area (Å²) in [7, 11) is 0. The Morgan fingerprint density at radius 2 is 2.08 bits per heavy atom. The van der Waals surface area contributed by atoms with Gasteiger partial charge in [0.25, 0.3) is 5.91 Å². The monoisotopic (exact) mass is 365 g/mol. The Bertz CT molecular complexity index is 687. The standard InChI is InChI=1S/C17H23N3O6/c1-3-19(10-16(21)22)13-8-12(9-13)18-17(23)11-5-6-15(26-4-2)14(7-11)20(24)25/h5-7,12-13H,3-4,8-10H2,1-2H3,(H,18,23)(H,21,22). The number of amides is 1. The van der Waals surface area contributed by atoms with Gasteiger partial charge in [0.05, 0.1) is 18.1 Å². The fourth-order valence-corrected chi connectivity index (χ4v) is 3.02. The summed E-state index contributed by atoms with van der Waals surface area (Å²) < 4.78 is 5.20. The lowest BCUT2D eigenvalue weighted by Crippen LogP contribution is -2.54. The highest BCUT2D eigenvalue weighted by atomic mass is 16.6. The molecule has 1 aromatic rings. The Morgan fingerprint density at radius 1 is 1.38 bits per heavy atom. The molecule has 1 aromatic carbocycles. The van der Waals surface area contributed by atoms with Crippen molar-refractivity contribution in [1.29, 1.82) is 0 Å². The normalized spacial score (nSPS) is 18.9. The second-order valence-electron chi connectivity index (χ2n) is 6.13. The minimum absolute atomic E-state index is 0.0209. The van der Waals surface area contributed by atoms with E-state index in [9.17, 15) is 19.7 Å². The number of carboxylic acid groups (broad SMARTS) is 1. The average molecular weight is 365 g/mol. The van der Waals surface area contributed by atoms with Gasteiger partial charge in [-0.25, -0.2) is 0 Å². The van der Waals surface area contributed by atoms with Gasteiger partial charge in [-0.05, 0) is 38.4 Å². The number of carbonyl (C=O) groups is 2. The summed E-state index contributed by atoms with van der Waals surface area (Å²) in [5, 5.41) is 22.9. The van der Waals surface area contributed by atoms with Crippen LogP contribution in [-0.4, -0.2) is 58.6 Å². The Morgan fingerprint density at radius 3 is 2.62 bits per heavy atom. The van der Waals surface area contributed by atoms with Crippen molar-refractivity contribution >= 4 is 17.6 Å². The number of aliphatic carboxylic acids is 1. The molecule has 142 valence electrons. The molecule has 1 fully saturated rings. The van der Waals surface area contributed by atoms with Crippen molar-refractivity contribution in [3.8, 4) is 5.75 Å². The third-order valence-electron chi connectivity index (χ3n) is 4.43. The number of nitro groups is 1. The second kappa shape index (κ2) is 8.61. The highest BCUT2D eigenvalue weighted by Crippen LogP contribution is 2.29. The smallest absolute Gasteiger partial charge is 0.317 e. The highest BCUT2D eigenvalue weighted by Gasteiger charge is 2.35. The molecule has 0 aliphatic heterocycles. The minimum Gasteiger partial charge on any atom is -0.487 e. The summed E-state index contributed by atoms with van der Waals surface area (Å²) in [5.41, 5.74) is -0.0499. The van der Waals surface area contributed by atoms with E-state index in [0.717, 1.165) is 0 Å². The predicted molar refractivity (Wildman–Crippen MR) is 93.4 cm³/mol. The van der Waals surface area contributed by atoms with Crippen LogP contribution in [0.5, 0.6) is 5.75 Å². The van der Waals surface area contributed by atoms with Gasteiger partial charge < -0.3 is 15.2 Å². The van der Waals surface area contributed by atoms with Crippen LogP contribution in [0.1, 0.15) is 37.0 Å². The molecule has 0 unspecified atom stereocenters. The van der Waals surface area contributed by atoms with Crippen LogP contribution in [0.3, 0.4) is 0 Å². The van der Waals surface area contributed by atoms with Gasteiger partial charge in [-0.1, -0.05) is 6.92 Å². The van der Waals surface area contributed by atoms with Crippen molar-refractivity contribution in [3.05, 3.63) is 33.9 Å². The summed E-state index contributed by atoms with van der Waals surface area (Å²) >= 11 is 0. The first kappa shape index (κ1) is 19.6. The maximum absolute atomic E-state index is 12.3. The van der Waals surface area contributed by atoms with Gasteiger partial charge in [-0.15, -0.1) is 0 Å². The van der Waals surface area contributed by atoms with Gasteiger partial charge in [-0.2, -0.15) is 0 Å². The van der Waals surface area contributed by atoms with Crippen LogP contribution < -0.4 is 10.1 Å². The number of carboxylic acids is 1. The molecule has 0 heterocycles. The van der Waals surface area contributed by atoms with Crippen molar-refractivity contribution in [1.82, 2.24) is 10.2 Å². The Kier molecular flexibility index (Phi) is 6.51. The molecule has 1 amide bonds. The molecule has 0 bridgehead atoms. The van der Waals surface area contributed by atoms with Gasteiger partial charge in [0.15, 0.2) is 5.75 Å². The lowest BCUT2D eigenvalue weighted by Gasteiger charge is -2.42. The quantitative estimate of drug-likeness (QED) is 0.504. The van der Waals surface area contributed by atoms with E-state index in [-0.39, 0.29) is 41.5 Å². The summed E-state index contributed by atoms with van der Waals surface area (Å²) in [6.07, 6.45) is 1.32. The molecule has 0 spiro atoms. The number of hydrogen-bond donors (Lipinski definition) is 2. The van der Waals surface area contributed by atoms with E-state index in [4.69, 9.17) is 9.84 Å². The summed E-state index contributed by atoms with van der Waals surface area (Å²) in [5.74, 6) is -1.13. The van der Waals surface area contributed by atoms with Gasteiger partial charge in [0.1, 0.15) is 0 Å². The number of nitro benzene ring substituents is 1. The molecule has 9 nitrogen and oxygen atoms in total. The van der Waals surface area contributed by atoms with Crippen LogP contribution in [0.25, 0.3) is 0 Å². The Labute approximate surface area is 151 Å². The molecular weight excluding hydrogens is 342 g/mol. The van der Waals surface area contributed by atoms with Gasteiger partial charge in [0.2, 0.25) is 0 Å². The molecule has 0 aromatic heterocycles. The zero-order valence-corrected chi connectivity index (χ0v) is 14.8. The average Bonchev–Trinajstić information content (AvgIpc) is 2.56. The van der Waals surface area contributed by atoms with Crippen LogP contribution in [0, 0.1) is 10.1 Å². The second-order valence-corrected chi connectivity index (χ2v) is 6.13. The van der Waals surface area contributed by atoms with E-state index in [1.54, 1.807) is 6.92 Å². The van der Waals surface area contributed by atoms with Crippen molar-refractivity contribution in [2.45, 2.75) is 38.8 Å². The largest absolute Gasteiger partial charge is 0.487 e. The lowest BCUT2D eigenvalue weighted by atomic mass is 9.85. The zero-order chi connectivity index (χ0) is 19.3. The van der Waals surface area contributed by atoms with Crippen LogP contribution in [-0.2, 0) is 4.79 Å². The number of nitrogens with one attached hydrogen (secondary N) is 1. The maximum Gasteiger partial charge on any atom is 0.317 e. The molecule has 1 saturated carbocycles. The zero-order valence-electron chi connectivity index (χ0n) is 14.8. The molecule has 0 atom stereocenters. The number of nitrogens with zero attached hydrogens (tertiary/aromatic N) is 2. The number of carbonyl (C=O) groups excluding carboxylic acids is 1. The molecule has 2 N–H and O–H groups in total. The predicted octanol–water partition coefficient (Wildman–Crippen LogP) is 1.66. The first-order valence-electron chi connectivity index (χ1n) is 8.53. The van der Waals surface area contributed by atoms with Crippen molar-refractivity contribution in [3.63, 3.8) is 0 Å². The fraction of sp³-hybridized carbons (Fsp3) is 0.529. The van der Waals surface area contributed by atoms with Crippen LogP contribution in [0.2, 0.25) is 0 Å². The maximum atomic E-state index is 12.3. The van der Waals surface area contributed by atoms with E-state index >= 15 is 0 Å². The highest BCUT2D eigenvalue weighted by molar-refractivity contribution is 5.95. The first-order chi connectivity index (χ1) is 12.3. The Hall–Kier alpha value is -2.68. The number of likely N-dealkylation sites (N-methyl/N-ethyl adjacent to an activating group) is 1. The van der Waals surface area contributed by atoms with Gasteiger partial charge in [0, 0.05) is 23.7 Å². The third kappa shape index (κ3) is 4.69. The Balaban J connectivity index is 1.96. The van der Waals surface area contributed by atoms with Crippen LogP contribution in [0.15, 0.2) is 18.2 Å². The van der Waals surface area contributed by atoms with Crippen molar-refractivity contribution in [2.24, 2.45) is 0 Å². The molecule has 1 aliphatic carbocycles. The molecule has 9 heteroatoms. The van der Waals surface area contributed by atoms with Gasteiger partial charge in [-0.3, -0.25) is 24.6 Å². The molecule has 0 saturated heterocycles. The van der Waals surface area contributed by atoms with Crippen molar-refractivity contribution in [2.75, 3.05) is 19.7 Å². The fourth-order valence-electron chi connectivity index (χ4n) is 3.02. The SMILES string of the molecule is CCOc1ccc(C(=O)NC2CC(N(CC)CC(=O)O)C2)cc1[N+](=O)[O-]. The molecule has 26 heavy (non-hydrogen) atoms. The number of hydrogen-bond acceptors (Lipinski definition) is 6. The number of ether oxygens (including phenoxy) is 1. The van der Waals surface area contributed by atoms with E-state index in [2.05, 4.69) is 5.32 Å². The van der Waals surface area contributed by atoms with Gasteiger partial charge >= 0.3 is 11.7 Å². The summed E-state index contributed by atoms with van der Waals surface area (Å²) in [4.78, 5) is 35.6. The lowest BCUT2D eigenvalue weighted by molar-refractivity contribution is -0.385. The van der Waals surface area contributed by atoms with E-state index in [1.165, 1.54) is 18.2 Å². The molecular formula is C17H23N3O6. The number of rotatable bonds is 9. The van der Waals surface area contributed by atoms with Crippen molar-refractivity contribution < 1.29 is 24.4 Å². The summed E-state index contributed by atoms with van der Waals surface area (Å²) in [6, 6.07) is 4.18. The van der Waals surface area contributed by atoms with E-state index in [0.29, 0.717) is 26.0 Å². The minimum atomic E-state index is -0.874. The number of benzene rings is 1. The molecule has 1 aliphatic rings. The molecule has 0 radical (unpaired) electrons. The van der Waals surface area contributed by atoms with E-state index < -0.39 is 10.9 Å². The van der Waals surface area contributed by atoms with E-state index in [1.807, 2.05) is 11.8 Å². The summed E-state index contributed by atoms with van der Waals surface area (Å²) in [6.45, 7) is 4.52. The first-order valence-corrected chi connectivity index (χ1v) is 8.53. The van der Waals surface area contributed by atoms with Crippen LogP contribution >= 0.6 is 0 Å². The van der Waals surface area contributed by atoms with Crippen LogP contribution in [0.4, 0.5) is 5.69 Å². The topological polar surface area (TPSA) is 122 Å². The molecule has 2 rings (SSSR count). The third-order valence-corrected chi connectivity index (χ3v) is 4.43.